The Labute approximate surface area is 172 Å². The summed E-state index contributed by atoms with van der Waals surface area (Å²) in [7, 11) is 0. The number of aryl methyl sites for hydroxylation is 3. The molecule has 30 heavy (non-hydrogen) atoms. The van der Waals surface area contributed by atoms with Gasteiger partial charge >= 0.3 is 5.97 Å². The summed E-state index contributed by atoms with van der Waals surface area (Å²) in [6, 6.07) is 11.3. The van der Waals surface area contributed by atoms with Gasteiger partial charge < -0.3 is 5.11 Å². The number of carboxylic acid groups (broad SMARTS) is 1. The van der Waals surface area contributed by atoms with E-state index in [9.17, 15) is 14.4 Å². The van der Waals surface area contributed by atoms with Gasteiger partial charge in [0.15, 0.2) is 0 Å². The van der Waals surface area contributed by atoms with Crippen molar-refractivity contribution in [2.45, 2.75) is 27.7 Å². The van der Waals surface area contributed by atoms with Crippen molar-refractivity contribution >= 4 is 17.6 Å². The summed E-state index contributed by atoms with van der Waals surface area (Å²) in [4.78, 5) is 36.3. The summed E-state index contributed by atoms with van der Waals surface area (Å²) in [5.74, 6) is -1.70. The molecule has 0 aliphatic heterocycles. The zero-order valence-electron chi connectivity index (χ0n) is 17.1. The Balaban J connectivity index is 1.88. The molecule has 1 heterocycles. The van der Waals surface area contributed by atoms with E-state index in [1.54, 1.807) is 13.8 Å². The van der Waals surface area contributed by atoms with Crippen LogP contribution >= 0.6 is 0 Å². The fourth-order valence-corrected chi connectivity index (χ4v) is 3.07. The lowest BCUT2D eigenvalue weighted by Gasteiger charge is -2.05. The minimum atomic E-state index is -1.13. The van der Waals surface area contributed by atoms with Gasteiger partial charge in [-0.2, -0.15) is 5.10 Å². The van der Waals surface area contributed by atoms with Crippen LogP contribution in [0.5, 0.6) is 0 Å². The van der Waals surface area contributed by atoms with E-state index in [4.69, 9.17) is 5.11 Å². The third-order valence-corrected chi connectivity index (χ3v) is 4.88. The van der Waals surface area contributed by atoms with Gasteiger partial charge in [-0.25, -0.2) is 14.9 Å². The molecule has 0 aliphatic rings. The van der Waals surface area contributed by atoms with Gasteiger partial charge in [0.05, 0.1) is 22.5 Å². The first kappa shape index (κ1) is 20.8. The molecule has 1 aromatic heterocycles. The summed E-state index contributed by atoms with van der Waals surface area (Å²) in [6.07, 6.45) is 0. The summed E-state index contributed by atoms with van der Waals surface area (Å²) in [6.45, 7) is 7.35. The van der Waals surface area contributed by atoms with Crippen molar-refractivity contribution in [3.8, 4) is 5.69 Å². The third-order valence-electron chi connectivity index (χ3n) is 4.88. The van der Waals surface area contributed by atoms with Crippen LogP contribution in [0.1, 0.15) is 50.0 Å². The van der Waals surface area contributed by atoms with Crippen molar-refractivity contribution < 1.29 is 14.7 Å². The first-order valence-corrected chi connectivity index (χ1v) is 9.26. The molecule has 0 fully saturated rings. The highest BCUT2D eigenvalue weighted by atomic mass is 16.4. The number of carbonyl (C=O) groups excluding carboxylic acids is 1. The summed E-state index contributed by atoms with van der Waals surface area (Å²) >= 11 is 0. The minimum absolute atomic E-state index is 0.00103. The molecule has 0 atom stereocenters. The van der Waals surface area contributed by atoms with Crippen LogP contribution in [-0.2, 0) is 0 Å². The minimum Gasteiger partial charge on any atom is -0.478 e. The Morgan fingerprint density at radius 2 is 1.73 bits per heavy atom. The molecule has 8 heteroatoms. The lowest BCUT2D eigenvalue weighted by molar-refractivity contribution is 0.0697. The van der Waals surface area contributed by atoms with E-state index < -0.39 is 11.9 Å². The van der Waals surface area contributed by atoms with E-state index in [2.05, 4.69) is 15.6 Å². The molecular weight excluding hydrogens is 384 g/mol. The van der Waals surface area contributed by atoms with Crippen LogP contribution < -0.4 is 11.0 Å². The molecule has 3 N–H and O–H groups in total. The second-order valence-corrected chi connectivity index (χ2v) is 7.05. The summed E-state index contributed by atoms with van der Waals surface area (Å²) in [5.41, 5.74) is 6.46. The smallest absolute Gasteiger partial charge is 0.335 e. The SMILES string of the molecule is C/C(=N/NC(=O)c1cccc(C(=O)O)c1)c1c(C)[nH]n(-c2ccc(C)c(C)c2)c1=O. The first-order valence-electron chi connectivity index (χ1n) is 9.26. The molecule has 0 saturated carbocycles. The number of hydrogen-bond donors (Lipinski definition) is 3. The fraction of sp³-hybridized carbons (Fsp3) is 0.182. The number of nitrogens with one attached hydrogen (secondary N) is 2. The van der Waals surface area contributed by atoms with Crippen LogP contribution in [0.25, 0.3) is 5.69 Å². The van der Waals surface area contributed by atoms with Crippen LogP contribution in [0, 0.1) is 20.8 Å². The van der Waals surface area contributed by atoms with Crippen molar-refractivity contribution in [1.82, 2.24) is 15.2 Å². The van der Waals surface area contributed by atoms with Crippen molar-refractivity contribution in [2.75, 3.05) is 0 Å². The van der Waals surface area contributed by atoms with Gasteiger partial charge in [0.2, 0.25) is 0 Å². The molecule has 0 bridgehead atoms. The highest BCUT2D eigenvalue weighted by molar-refractivity contribution is 6.02. The third kappa shape index (κ3) is 4.07. The lowest BCUT2D eigenvalue weighted by atomic mass is 10.1. The number of carboxylic acids is 1. The maximum Gasteiger partial charge on any atom is 0.335 e. The number of nitrogens with zero attached hydrogens (tertiary/aromatic N) is 2. The van der Waals surface area contributed by atoms with Gasteiger partial charge in [-0.3, -0.25) is 14.7 Å². The molecule has 2 aromatic carbocycles. The monoisotopic (exact) mass is 406 g/mol. The maximum atomic E-state index is 12.9. The highest BCUT2D eigenvalue weighted by Crippen LogP contribution is 2.13. The largest absolute Gasteiger partial charge is 0.478 e. The zero-order chi connectivity index (χ0) is 22.0. The van der Waals surface area contributed by atoms with E-state index in [-0.39, 0.29) is 16.7 Å². The number of aromatic carboxylic acids is 1. The maximum absolute atomic E-state index is 12.9. The second kappa shape index (κ2) is 8.20. The molecule has 8 nitrogen and oxygen atoms in total. The Morgan fingerprint density at radius 3 is 2.40 bits per heavy atom. The molecule has 3 aromatic rings. The van der Waals surface area contributed by atoms with Gasteiger partial charge in [-0.05, 0) is 69.2 Å². The van der Waals surface area contributed by atoms with Crippen molar-refractivity contribution in [1.29, 1.82) is 0 Å². The normalized spacial score (nSPS) is 11.4. The highest BCUT2D eigenvalue weighted by Gasteiger charge is 2.16. The van der Waals surface area contributed by atoms with E-state index in [0.717, 1.165) is 11.1 Å². The molecule has 1 amide bonds. The molecule has 0 spiro atoms. The quantitative estimate of drug-likeness (QED) is 0.446. The summed E-state index contributed by atoms with van der Waals surface area (Å²) < 4.78 is 1.44. The van der Waals surface area contributed by atoms with Crippen LogP contribution in [0.3, 0.4) is 0 Å². The molecular formula is C22H22N4O4. The number of carbonyl (C=O) groups is 2. The van der Waals surface area contributed by atoms with Crippen molar-refractivity contribution in [2.24, 2.45) is 5.10 Å². The number of aromatic nitrogens is 2. The Kier molecular flexibility index (Phi) is 5.68. The standard InChI is InChI=1S/C22H22N4O4/c1-12-8-9-18(10-13(12)2)26-21(28)19(15(4)25-26)14(3)23-24-20(27)16-6-5-7-17(11-16)22(29)30/h5-11,25H,1-4H3,(H,24,27)(H,29,30)/b23-14-. The molecule has 0 aliphatic carbocycles. The molecule has 154 valence electrons. The Morgan fingerprint density at radius 1 is 1.03 bits per heavy atom. The van der Waals surface area contributed by atoms with Gasteiger partial charge in [0.1, 0.15) is 0 Å². The Hall–Kier alpha value is -3.94. The fourth-order valence-electron chi connectivity index (χ4n) is 3.07. The van der Waals surface area contributed by atoms with E-state index in [1.165, 1.54) is 28.9 Å². The second-order valence-electron chi connectivity index (χ2n) is 7.05. The van der Waals surface area contributed by atoms with Crippen molar-refractivity contribution in [3.63, 3.8) is 0 Å². The zero-order valence-corrected chi connectivity index (χ0v) is 17.1. The van der Waals surface area contributed by atoms with Gasteiger partial charge in [0.25, 0.3) is 11.5 Å². The lowest BCUT2D eigenvalue weighted by Crippen LogP contribution is -2.23. The van der Waals surface area contributed by atoms with Crippen LogP contribution in [-0.4, -0.2) is 32.5 Å². The number of amides is 1. The topological polar surface area (TPSA) is 117 Å². The van der Waals surface area contributed by atoms with Crippen LogP contribution in [0.15, 0.2) is 52.4 Å². The van der Waals surface area contributed by atoms with Crippen LogP contribution in [0.2, 0.25) is 0 Å². The predicted molar refractivity (Wildman–Crippen MR) is 114 cm³/mol. The number of rotatable bonds is 5. The average Bonchev–Trinajstić information content (AvgIpc) is 3.02. The number of benzene rings is 2. The van der Waals surface area contributed by atoms with Gasteiger partial charge in [-0.1, -0.05) is 12.1 Å². The van der Waals surface area contributed by atoms with E-state index >= 15 is 0 Å². The average molecular weight is 406 g/mol. The number of aromatic amines is 1. The molecule has 3 rings (SSSR count). The van der Waals surface area contributed by atoms with Crippen LogP contribution in [0.4, 0.5) is 0 Å². The van der Waals surface area contributed by atoms with Gasteiger partial charge in [-0.15, -0.1) is 0 Å². The molecule has 0 saturated heterocycles. The number of hydrazone groups is 1. The predicted octanol–water partition coefficient (Wildman–Crippen LogP) is 2.94. The number of hydrogen-bond acceptors (Lipinski definition) is 4. The molecule has 0 radical (unpaired) electrons. The number of H-pyrrole nitrogens is 1. The first-order chi connectivity index (χ1) is 14.2. The Bertz CT molecular complexity index is 1230. The van der Waals surface area contributed by atoms with E-state index in [1.807, 2.05) is 32.0 Å². The molecule has 0 unspecified atom stereocenters. The summed E-state index contributed by atoms with van der Waals surface area (Å²) in [5, 5.41) is 16.1. The van der Waals surface area contributed by atoms with E-state index in [0.29, 0.717) is 22.7 Å². The van der Waals surface area contributed by atoms with Gasteiger partial charge in [0, 0.05) is 11.3 Å². The van der Waals surface area contributed by atoms with Crippen molar-refractivity contribution in [3.05, 3.63) is 86.3 Å².